The van der Waals surface area contributed by atoms with Gasteiger partial charge in [0.1, 0.15) is 11.1 Å². The van der Waals surface area contributed by atoms with Gasteiger partial charge in [-0.05, 0) is 50.3 Å². The van der Waals surface area contributed by atoms with Crippen LogP contribution in [0.25, 0.3) is 0 Å². The number of hydrogen-bond acceptors (Lipinski definition) is 5. The van der Waals surface area contributed by atoms with E-state index in [0.717, 1.165) is 21.7 Å². The van der Waals surface area contributed by atoms with E-state index in [0.29, 0.717) is 10.6 Å². The van der Waals surface area contributed by atoms with Gasteiger partial charge in [0, 0.05) is 10.6 Å². The minimum Gasteiger partial charge on any atom is -0.348 e. The second kappa shape index (κ2) is 7.62. The Hall–Kier alpha value is -1.84. The smallest absolute Gasteiger partial charge is 0.230 e. The number of hydrogen-bond donors (Lipinski definition) is 1. The van der Waals surface area contributed by atoms with Gasteiger partial charge in [-0.1, -0.05) is 17.8 Å². The molecule has 1 atom stereocenters. The van der Waals surface area contributed by atoms with Gasteiger partial charge < -0.3 is 5.32 Å². The summed E-state index contributed by atoms with van der Waals surface area (Å²) in [5, 5.41) is 14.9. The highest BCUT2D eigenvalue weighted by Crippen LogP contribution is 2.26. The number of thioether (sulfide) groups is 1. The number of nitriles is 1. The predicted molar refractivity (Wildman–Crippen MR) is 94.8 cm³/mol. The Balaban J connectivity index is 2.04. The number of amides is 1. The fraction of sp³-hybridized carbons (Fsp3) is 0.353. The molecule has 0 aromatic carbocycles. The third kappa shape index (κ3) is 4.12. The van der Waals surface area contributed by atoms with E-state index >= 15 is 0 Å². The van der Waals surface area contributed by atoms with Gasteiger partial charge in [-0.15, -0.1) is 11.3 Å². The lowest BCUT2D eigenvalue weighted by Gasteiger charge is -2.13. The van der Waals surface area contributed by atoms with Crippen LogP contribution in [0.15, 0.2) is 22.5 Å². The SMILES string of the molecule is Cc1nc(SCC(=O)N[C@@H](C)c2cccs2)c(C#N)c(C)c1C. The molecule has 0 aliphatic heterocycles. The van der Waals surface area contributed by atoms with E-state index < -0.39 is 0 Å². The molecule has 23 heavy (non-hydrogen) atoms. The van der Waals surface area contributed by atoms with Crippen molar-refractivity contribution in [2.24, 2.45) is 0 Å². The number of nitrogens with zero attached hydrogens (tertiary/aromatic N) is 2. The van der Waals surface area contributed by atoms with Crippen molar-refractivity contribution in [3.8, 4) is 6.07 Å². The number of nitrogens with one attached hydrogen (secondary N) is 1. The van der Waals surface area contributed by atoms with Gasteiger partial charge in [0.25, 0.3) is 0 Å². The molecule has 120 valence electrons. The molecule has 0 unspecified atom stereocenters. The first-order valence-corrected chi connectivity index (χ1v) is 9.14. The minimum absolute atomic E-state index is 0.00649. The first-order chi connectivity index (χ1) is 10.9. The van der Waals surface area contributed by atoms with Crippen LogP contribution in [-0.2, 0) is 4.79 Å². The van der Waals surface area contributed by atoms with Crippen molar-refractivity contribution in [2.45, 2.75) is 38.8 Å². The maximum atomic E-state index is 12.1. The molecule has 0 bridgehead atoms. The van der Waals surface area contributed by atoms with Gasteiger partial charge in [-0.25, -0.2) is 4.98 Å². The van der Waals surface area contributed by atoms with Crippen LogP contribution in [0.2, 0.25) is 0 Å². The van der Waals surface area contributed by atoms with Crippen molar-refractivity contribution in [1.82, 2.24) is 10.3 Å². The van der Waals surface area contributed by atoms with Crippen molar-refractivity contribution < 1.29 is 4.79 Å². The molecular weight excluding hydrogens is 326 g/mol. The van der Waals surface area contributed by atoms with Crippen molar-refractivity contribution in [3.05, 3.63) is 44.8 Å². The maximum absolute atomic E-state index is 12.1. The minimum atomic E-state index is -0.0579. The van der Waals surface area contributed by atoms with E-state index in [9.17, 15) is 10.1 Å². The highest BCUT2D eigenvalue weighted by Gasteiger charge is 2.15. The molecule has 2 aromatic rings. The summed E-state index contributed by atoms with van der Waals surface area (Å²) in [6.45, 7) is 7.77. The zero-order valence-electron chi connectivity index (χ0n) is 13.6. The van der Waals surface area contributed by atoms with E-state index in [1.54, 1.807) is 11.3 Å². The topological polar surface area (TPSA) is 65.8 Å². The number of aryl methyl sites for hydroxylation is 1. The molecule has 0 aliphatic rings. The number of carbonyl (C=O) groups excluding carboxylic acids is 1. The normalized spacial score (nSPS) is 11.8. The molecule has 0 radical (unpaired) electrons. The van der Waals surface area contributed by atoms with Crippen LogP contribution in [0.5, 0.6) is 0 Å². The quantitative estimate of drug-likeness (QED) is 0.834. The molecule has 1 N–H and O–H groups in total. The monoisotopic (exact) mass is 345 g/mol. The number of rotatable bonds is 5. The Labute approximate surface area is 144 Å². The van der Waals surface area contributed by atoms with Gasteiger partial charge in [-0.2, -0.15) is 5.26 Å². The first kappa shape index (κ1) is 17.5. The van der Waals surface area contributed by atoms with Gasteiger partial charge in [0.15, 0.2) is 0 Å². The molecule has 0 saturated heterocycles. The molecular formula is C17H19N3OS2. The molecule has 0 fully saturated rings. The zero-order valence-corrected chi connectivity index (χ0v) is 15.3. The van der Waals surface area contributed by atoms with Crippen LogP contribution in [0.4, 0.5) is 0 Å². The van der Waals surface area contributed by atoms with E-state index in [2.05, 4.69) is 16.4 Å². The lowest BCUT2D eigenvalue weighted by atomic mass is 10.1. The van der Waals surface area contributed by atoms with Crippen molar-refractivity contribution in [2.75, 3.05) is 5.75 Å². The summed E-state index contributed by atoms with van der Waals surface area (Å²) in [6, 6.07) is 6.17. The van der Waals surface area contributed by atoms with Crippen LogP contribution in [0.3, 0.4) is 0 Å². The third-order valence-corrected chi connectivity index (χ3v) is 5.79. The third-order valence-electron chi connectivity index (χ3n) is 3.76. The summed E-state index contributed by atoms with van der Waals surface area (Å²) in [5.41, 5.74) is 3.44. The van der Waals surface area contributed by atoms with Crippen LogP contribution < -0.4 is 5.32 Å². The second-order valence-electron chi connectivity index (χ2n) is 5.33. The van der Waals surface area contributed by atoms with Crippen molar-refractivity contribution in [3.63, 3.8) is 0 Å². The molecule has 2 heterocycles. The van der Waals surface area contributed by atoms with E-state index in [1.165, 1.54) is 11.8 Å². The van der Waals surface area contributed by atoms with Crippen molar-refractivity contribution in [1.29, 1.82) is 5.26 Å². The Bertz CT molecular complexity index is 748. The first-order valence-electron chi connectivity index (χ1n) is 7.27. The standard InChI is InChI=1S/C17H19N3OS2/c1-10-11(2)14(8-18)17(20-12(10)3)23-9-16(21)19-13(4)15-6-5-7-22-15/h5-7,13H,9H2,1-4H3,(H,19,21)/t13-/m0/s1. The van der Waals surface area contributed by atoms with Crippen molar-refractivity contribution >= 4 is 29.0 Å². The largest absolute Gasteiger partial charge is 0.348 e. The van der Waals surface area contributed by atoms with Crippen LogP contribution in [-0.4, -0.2) is 16.6 Å². The van der Waals surface area contributed by atoms with Gasteiger partial charge in [0.05, 0.1) is 17.4 Å². The van der Waals surface area contributed by atoms with Crippen LogP contribution in [0.1, 0.15) is 40.2 Å². The molecule has 0 saturated carbocycles. The molecule has 4 nitrogen and oxygen atoms in total. The molecule has 1 amide bonds. The summed E-state index contributed by atoms with van der Waals surface area (Å²) in [5.74, 6) is 0.191. The summed E-state index contributed by atoms with van der Waals surface area (Å²) < 4.78 is 0. The molecule has 2 rings (SSSR count). The van der Waals surface area contributed by atoms with Gasteiger partial charge in [0.2, 0.25) is 5.91 Å². The van der Waals surface area contributed by atoms with Crippen LogP contribution in [0, 0.1) is 32.1 Å². The number of thiophene rings is 1. The Morgan fingerprint density at radius 3 is 2.78 bits per heavy atom. The molecule has 0 spiro atoms. The highest BCUT2D eigenvalue weighted by molar-refractivity contribution is 8.00. The fourth-order valence-electron chi connectivity index (χ4n) is 2.17. The summed E-state index contributed by atoms with van der Waals surface area (Å²) in [7, 11) is 0. The Morgan fingerprint density at radius 2 is 2.17 bits per heavy atom. The average molecular weight is 345 g/mol. The highest BCUT2D eigenvalue weighted by atomic mass is 32.2. The van der Waals surface area contributed by atoms with Crippen LogP contribution >= 0.6 is 23.1 Å². The molecule has 0 aliphatic carbocycles. The molecule has 2 aromatic heterocycles. The summed E-state index contributed by atoms with van der Waals surface area (Å²) >= 11 is 2.94. The van der Waals surface area contributed by atoms with Gasteiger partial charge in [-0.3, -0.25) is 4.79 Å². The lowest BCUT2D eigenvalue weighted by Crippen LogP contribution is -2.27. The van der Waals surface area contributed by atoms with E-state index in [-0.39, 0.29) is 17.7 Å². The maximum Gasteiger partial charge on any atom is 0.230 e. The average Bonchev–Trinajstić information content (AvgIpc) is 3.05. The second-order valence-corrected chi connectivity index (χ2v) is 7.28. The fourth-order valence-corrected chi connectivity index (χ4v) is 3.80. The summed E-state index contributed by atoms with van der Waals surface area (Å²) in [6.07, 6.45) is 0. The number of pyridine rings is 1. The Kier molecular flexibility index (Phi) is 5.80. The number of aromatic nitrogens is 1. The lowest BCUT2D eigenvalue weighted by molar-refractivity contribution is -0.119. The van der Waals surface area contributed by atoms with E-state index in [4.69, 9.17) is 0 Å². The zero-order chi connectivity index (χ0) is 17.0. The predicted octanol–water partition coefficient (Wildman–Crippen LogP) is 3.91. The van der Waals surface area contributed by atoms with Gasteiger partial charge >= 0.3 is 0 Å². The number of carbonyl (C=O) groups is 1. The Morgan fingerprint density at radius 1 is 1.43 bits per heavy atom. The molecule has 6 heteroatoms. The van der Waals surface area contributed by atoms with E-state index in [1.807, 2.05) is 45.2 Å². The summed E-state index contributed by atoms with van der Waals surface area (Å²) in [4.78, 5) is 17.7.